The number of benzene rings is 3. The Bertz CT molecular complexity index is 1410. The number of likely N-dealkylation sites (N-methyl/N-ethyl adjacent to an activating group) is 1. The summed E-state index contributed by atoms with van der Waals surface area (Å²) in [5.41, 5.74) is 2.16. The Morgan fingerprint density at radius 2 is 1.43 bits per heavy atom. The van der Waals surface area contributed by atoms with Crippen LogP contribution in [-0.2, 0) is 21.4 Å². The zero-order valence-electron chi connectivity index (χ0n) is 27.1. The van der Waals surface area contributed by atoms with E-state index in [0.29, 0.717) is 24.0 Å². The number of hydrogen-bond donors (Lipinski definition) is 0. The molecule has 46 heavy (non-hydrogen) atoms. The first-order valence-electron chi connectivity index (χ1n) is 16.7. The van der Waals surface area contributed by atoms with Crippen LogP contribution in [0.3, 0.4) is 0 Å². The van der Waals surface area contributed by atoms with Crippen LogP contribution >= 0.6 is 12.4 Å². The van der Waals surface area contributed by atoms with Gasteiger partial charge in [-0.1, -0.05) is 98.1 Å². The van der Waals surface area contributed by atoms with Gasteiger partial charge >= 0.3 is 6.09 Å². The molecule has 1 heterocycles. The van der Waals surface area contributed by atoms with E-state index >= 15 is 0 Å². The number of halogens is 1. The smallest absolute Gasteiger partial charge is 0.410 e. The van der Waals surface area contributed by atoms with Crippen molar-refractivity contribution in [1.29, 1.82) is 0 Å². The van der Waals surface area contributed by atoms with Gasteiger partial charge in [0.1, 0.15) is 6.61 Å². The van der Waals surface area contributed by atoms with Crippen LogP contribution in [0.1, 0.15) is 68.4 Å². The molecule has 0 bridgehead atoms. The molecule has 1 aliphatic carbocycles. The van der Waals surface area contributed by atoms with Crippen LogP contribution in [-0.4, -0.2) is 74.4 Å². The van der Waals surface area contributed by atoms with Crippen LogP contribution in [0.5, 0.6) is 0 Å². The van der Waals surface area contributed by atoms with Crippen molar-refractivity contribution in [3.8, 4) is 0 Å². The molecule has 1 amide bonds. The Labute approximate surface area is 282 Å². The molecule has 1 atom stereocenters. The summed E-state index contributed by atoms with van der Waals surface area (Å²) in [5.74, 6) is 0.625. The Morgan fingerprint density at radius 1 is 0.848 bits per heavy atom. The Balaban J connectivity index is 0.00000480. The molecule has 2 fully saturated rings. The fourth-order valence-corrected chi connectivity index (χ4v) is 8.12. The highest BCUT2D eigenvalue weighted by molar-refractivity contribution is 7.89. The molecule has 1 saturated heterocycles. The second-order valence-electron chi connectivity index (χ2n) is 12.8. The maximum Gasteiger partial charge on any atom is 0.410 e. The lowest BCUT2D eigenvalue weighted by Crippen LogP contribution is -2.49. The summed E-state index contributed by atoms with van der Waals surface area (Å²) in [6.07, 6.45) is 8.69. The topological polar surface area (TPSA) is 70.2 Å². The molecular weight excluding hydrogens is 618 g/mol. The molecule has 0 N–H and O–H groups in total. The highest BCUT2D eigenvalue weighted by atomic mass is 35.5. The van der Waals surface area contributed by atoms with Crippen molar-refractivity contribution < 1.29 is 17.9 Å². The first kappa shape index (κ1) is 35.9. The SMILES string of the molecule is CN(C[C@@H](CCN1CCC(N(CC2CCCCC2)C(=O)OCc2ccccc2)CC1)c1ccccc1)S(=O)(=O)c1ccccc1.Cl. The van der Waals surface area contributed by atoms with E-state index in [1.54, 1.807) is 31.3 Å². The monoisotopic (exact) mass is 667 g/mol. The van der Waals surface area contributed by atoms with Gasteiger partial charge in [-0.15, -0.1) is 12.4 Å². The van der Waals surface area contributed by atoms with Gasteiger partial charge in [-0.05, 0) is 73.7 Å². The average molecular weight is 668 g/mol. The third kappa shape index (κ3) is 10.0. The molecule has 7 nitrogen and oxygen atoms in total. The lowest BCUT2D eigenvalue weighted by molar-refractivity contribution is 0.0497. The van der Waals surface area contributed by atoms with Gasteiger partial charge in [-0.25, -0.2) is 17.5 Å². The van der Waals surface area contributed by atoms with Crippen molar-refractivity contribution in [2.75, 3.05) is 39.8 Å². The Hall–Kier alpha value is -2.91. The molecule has 0 spiro atoms. The maximum atomic E-state index is 13.5. The molecule has 3 aromatic carbocycles. The third-order valence-corrected chi connectivity index (χ3v) is 11.4. The molecule has 1 aliphatic heterocycles. The highest BCUT2D eigenvalue weighted by Crippen LogP contribution is 2.29. The van der Waals surface area contributed by atoms with E-state index in [1.807, 2.05) is 59.5 Å². The number of carbonyl (C=O) groups is 1. The number of hydrogen-bond acceptors (Lipinski definition) is 5. The number of sulfonamides is 1. The minimum Gasteiger partial charge on any atom is -0.445 e. The van der Waals surface area contributed by atoms with Crippen molar-refractivity contribution in [3.05, 3.63) is 102 Å². The number of carbonyl (C=O) groups excluding carboxylic acids is 1. The predicted octanol–water partition coefficient (Wildman–Crippen LogP) is 7.59. The summed E-state index contributed by atoms with van der Waals surface area (Å²) in [6.45, 7) is 4.22. The quantitative estimate of drug-likeness (QED) is 0.188. The molecule has 0 aromatic heterocycles. The van der Waals surface area contributed by atoms with Gasteiger partial charge in [-0.3, -0.25) is 0 Å². The van der Waals surface area contributed by atoms with E-state index in [-0.39, 0.29) is 30.5 Å². The molecule has 250 valence electrons. The Morgan fingerprint density at radius 3 is 2.07 bits per heavy atom. The van der Waals surface area contributed by atoms with Crippen LogP contribution < -0.4 is 0 Å². The van der Waals surface area contributed by atoms with E-state index in [2.05, 4.69) is 17.0 Å². The van der Waals surface area contributed by atoms with Crippen LogP contribution in [0.2, 0.25) is 0 Å². The minimum atomic E-state index is -3.57. The average Bonchev–Trinajstić information content (AvgIpc) is 3.10. The lowest BCUT2D eigenvalue weighted by atomic mass is 9.88. The second-order valence-corrected chi connectivity index (χ2v) is 14.8. The van der Waals surface area contributed by atoms with Crippen LogP contribution in [0, 0.1) is 5.92 Å². The maximum absolute atomic E-state index is 13.5. The molecule has 9 heteroatoms. The largest absolute Gasteiger partial charge is 0.445 e. The summed E-state index contributed by atoms with van der Waals surface area (Å²) in [5, 5.41) is 0. The summed E-state index contributed by atoms with van der Waals surface area (Å²) in [7, 11) is -1.89. The van der Waals surface area contributed by atoms with E-state index in [0.717, 1.165) is 56.6 Å². The first-order valence-corrected chi connectivity index (χ1v) is 18.1. The molecule has 0 radical (unpaired) electrons. The number of ether oxygens (including phenoxy) is 1. The fourth-order valence-electron chi connectivity index (χ4n) is 6.89. The van der Waals surface area contributed by atoms with Gasteiger partial charge in [-0.2, -0.15) is 0 Å². The van der Waals surface area contributed by atoms with Gasteiger partial charge in [0.2, 0.25) is 10.0 Å². The lowest BCUT2D eigenvalue weighted by Gasteiger charge is -2.40. The zero-order valence-corrected chi connectivity index (χ0v) is 28.7. The van der Waals surface area contributed by atoms with E-state index in [1.165, 1.54) is 36.4 Å². The van der Waals surface area contributed by atoms with Crippen molar-refractivity contribution in [2.24, 2.45) is 5.92 Å². The number of piperidine rings is 1. The van der Waals surface area contributed by atoms with Gasteiger partial charge < -0.3 is 14.5 Å². The molecule has 1 saturated carbocycles. The van der Waals surface area contributed by atoms with E-state index in [4.69, 9.17) is 4.74 Å². The summed E-state index contributed by atoms with van der Waals surface area (Å²) >= 11 is 0. The van der Waals surface area contributed by atoms with Crippen molar-refractivity contribution >= 4 is 28.5 Å². The molecule has 2 aliphatic rings. The van der Waals surface area contributed by atoms with Crippen LogP contribution in [0.15, 0.2) is 95.9 Å². The van der Waals surface area contributed by atoms with Gasteiger partial charge in [0.05, 0.1) is 4.90 Å². The number of amides is 1. The number of likely N-dealkylation sites (tertiary alicyclic amines) is 1. The van der Waals surface area contributed by atoms with E-state index < -0.39 is 10.0 Å². The predicted molar refractivity (Wildman–Crippen MR) is 187 cm³/mol. The number of rotatable bonds is 13. The second kappa shape index (κ2) is 17.9. The minimum absolute atomic E-state index is 0. The highest BCUT2D eigenvalue weighted by Gasteiger charge is 2.32. The first-order chi connectivity index (χ1) is 21.9. The fraction of sp³-hybridized carbons (Fsp3) is 0.486. The van der Waals surface area contributed by atoms with Gasteiger partial charge in [0, 0.05) is 39.3 Å². The summed E-state index contributed by atoms with van der Waals surface area (Å²) in [6, 6.07) is 29.0. The van der Waals surface area contributed by atoms with E-state index in [9.17, 15) is 13.2 Å². The molecule has 3 aromatic rings. The molecule has 5 rings (SSSR count). The van der Waals surface area contributed by atoms with Crippen LogP contribution in [0.4, 0.5) is 4.79 Å². The summed E-state index contributed by atoms with van der Waals surface area (Å²) < 4.78 is 34.0. The van der Waals surface area contributed by atoms with Gasteiger partial charge in [0.15, 0.2) is 0 Å². The normalized spacial score (nSPS) is 17.3. The molecule has 0 unspecified atom stereocenters. The summed E-state index contributed by atoms with van der Waals surface area (Å²) in [4.78, 5) is 18.3. The van der Waals surface area contributed by atoms with Crippen LogP contribution in [0.25, 0.3) is 0 Å². The standard InChI is InChI=1S/C37H49N3O4S.ClH/c1-38(45(42,43)36-20-12-5-13-21-36)29-34(33-18-10-4-11-19-33)22-25-39-26-23-35(24-27-39)40(28-31-14-6-2-7-15-31)37(41)44-30-32-16-8-3-9-17-32;/h3-5,8-13,16-21,31,34-35H,2,6-7,14-15,22-30H2,1H3;1H/t34-;/m1./s1. The van der Waals surface area contributed by atoms with Crippen molar-refractivity contribution in [2.45, 2.75) is 74.8 Å². The Kier molecular flexibility index (Phi) is 13.9. The zero-order chi connectivity index (χ0) is 31.5. The van der Waals surface area contributed by atoms with Crippen molar-refractivity contribution in [1.82, 2.24) is 14.1 Å². The van der Waals surface area contributed by atoms with Gasteiger partial charge in [0.25, 0.3) is 0 Å². The number of nitrogens with zero attached hydrogens (tertiary/aromatic N) is 3. The third-order valence-electron chi connectivity index (χ3n) is 9.61. The molecular formula is C37H50ClN3O4S. The van der Waals surface area contributed by atoms with Crippen molar-refractivity contribution in [3.63, 3.8) is 0 Å².